The molecule has 2 saturated carbocycles. The van der Waals surface area contributed by atoms with Gasteiger partial charge in [-0.1, -0.05) is 18.2 Å². The Morgan fingerprint density at radius 3 is 2.55 bits per heavy atom. The number of hydrogen-bond acceptors (Lipinski definition) is 2. The van der Waals surface area contributed by atoms with Crippen molar-refractivity contribution in [1.29, 1.82) is 0 Å². The molecule has 2 fully saturated rings. The van der Waals surface area contributed by atoms with E-state index in [0.29, 0.717) is 11.3 Å². The SMILES string of the molecule is O=C(Nc1ccccc1)C1CC2(CCC(c3ccnc4ccc(F)cc34)CC2)C1. The first-order chi connectivity index (χ1) is 14.1. The number of pyridine rings is 1. The number of halogens is 1. The minimum Gasteiger partial charge on any atom is -0.326 e. The van der Waals surface area contributed by atoms with E-state index in [0.717, 1.165) is 55.1 Å². The van der Waals surface area contributed by atoms with Gasteiger partial charge in [0.1, 0.15) is 5.82 Å². The maximum absolute atomic E-state index is 13.8. The number of hydrogen-bond donors (Lipinski definition) is 1. The lowest BCUT2D eigenvalue weighted by atomic mass is 9.54. The highest BCUT2D eigenvalue weighted by Crippen LogP contribution is 2.57. The number of para-hydroxylation sites is 1. The summed E-state index contributed by atoms with van der Waals surface area (Å²) in [6.07, 6.45) is 8.31. The van der Waals surface area contributed by atoms with Crippen LogP contribution < -0.4 is 5.32 Å². The highest BCUT2D eigenvalue weighted by atomic mass is 19.1. The largest absolute Gasteiger partial charge is 0.326 e. The molecule has 2 aromatic carbocycles. The van der Waals surface area contributed by atoms with Crippen molar-refractivity contribution in [3.8, 4) is 0 Å². The van der Waals surface area contributed by atoms with Gasteiger partial charge in [0.05, 0.1) is 5.52 Å². The minimum atomic E-state index is -0.203. The van der Waals surface area contributed by atoms with Crippen LogP contribution in [0.15, 0.2) is 60.8 Å². The molecule has 2 aliphatic carbocycles. The lowest BCUT2D eigenvalue weighted by molar-refractivity contribution is -0.128. The Balaban J connectivity index is 1.22. The van der Waals surface area contributed by atoms with Crippen LogP contribution in [-0.2, 0) is 4.79 Å². The van der Waals surface area contributed by atoms with Crippen molar-refractivity contribution < 1.29 is 9.18 Å². The Morgan fingerprint density at radius 2 is 1.79 bits per heavy atom. The second-order valence-electron chi connectivity index (χ2n) is 8.80. The standard InChI is InChI=1S/C25H25FN2O/c26-19-6-7-23-22(14-19)21(10-13-27-23)17-8-11-25(12-9-17)15-18(16-25)24(29)28-20-4-2-1-3-5-20/h1-7,10,13-14,17-18H,8-9,11-12,15-16H2,(H,28,29). The number of carbonyl (C=O) groups is 1. The summed E-state index contributed by atoms with van der Waals surface area (Å²) >= 11 is 0. The zero-order valence-electron chi connectivity index (χ0n) is 16.4. The lowest BCUT2D eigenvalue weighted by Gasteiger charge is -2.51. The van der Waals surface area contributed by atoms with E-state index >= 15 is 0 Å². The molecule has 2 aliphatic rings. The van der Waals surface area contributed by atoms with Crippen LogP contribution in [0.2, 0.25) is 0 Å². The van der Waals surface area contributed by atoms with Crippen molar-refractivity contribution >= 4 is 22.5 Å². The summed E-state index contributed by atoms with van der Waals surface area (Å²) in [7, 11) is 0. The van der Waals surface area contributed by atoms with E-state index < -0.39 is 0 Å². The molecule has 3 nitrogen and oxygen atoms in total. The number of anilines is 1. The number of aromatic nitrogens is 1. The van der Waals surface area contributed by atoms with Gasteiger partial charge in [-0.2, -0.15) is 0 Å². The molecule has 0 unspecified atom stereocenters. The molecule has 1 amide bonds. The van der Waals surface area contributed by atoms with Crippen molar-refractivity contribution in [3.63, 3.8) is 0 Å². The van der Waals surface area contributed by atoms with Crippen molar-refractivity contribution in [1.82, 2.24) is 4.98 Å². The van der Waals surface area contributed by atoms with E-state index in [1.165, 1.54) is 11.6 Å². The maximum atomic E-state index is 13.8. The third-order valence-corrected chi connectivity index (χ3v) is 6.99. The van der Waals surface area contributed by atoms with Gasteiger partial charge in [0, 0.05) is 23.2 Å². The predicted octanol–water partition coefficient (Wildman–Crippen LogP) is 6.07. The van der Waals surface area contributed by atoms with Gasteiger partial charge in [0.15, 0.2) is 0 Å². The fourth-order valence-corrected chi connectivity index (χ4v) is 5.38. The molecule has 0 radical (unpaired) electrons. The quantitative estimate of drug-likeness (QED) is 0.592. The monoisotopic (exact) mass is 388 g/mol. The molecule has 3 aromatic rings. The highest BCUT2D eigenvalue weighted by Gasteiger charge is 2.48. The van der Waals surface area contributed by atoms with E-state index in [4.69, 9.17) is 0 Å². The summed E-state index contributed by atoms with van der Waals surface area (Å²) in [5.41, 5.74) is 3.29. The van der Waals surface area contributed by atoms with E-state index in [1.807, 2.05) is 36.5 Å². The van der Waals surface area contributed by atoms with E-state index in [-0.39, 0.29) is 17.6 Å². The molecule has 29 heavy (non-hydrogen) atoms. The van der Waals surface area contributed by atoms with Crippen molar-refractivity contribution in [2.75, 3.05) is 5.32 Å². The van der Waals surface area contributed by atoms with Gasteiger partial charge in [0.2, 0.25) is 5.91 Å². The Kier molecular flexibility index (Phi) is 4.57. The molecule has 0 aliphatic heterocycles. The minimum absolute atomic E-state index is 0.127. The van der Waals surface area contributed by atoms with Crippen molar-refractivity contribution in [2.45, 2.75) is 44.4 Å². The molecule has 1 heterocycles. The second-order valence-corrected chi connectivity index (χ2v) is 8.80. The van der Waals surface area contributed by atoms with Crippen LogP contribution in [0.5, 0.6) is 0 Å². The molecule has 1 N–H and O–H groups in total. The molecular weight excluding hydrogens is 363 g/mol. The molecule has 0 atom stereocenters. The first kappa shape index (κ1) is 18.3. The third-order valence-electron chi connectivity index (χ3n) is 6.99. The van der Waals surface area contributed by atoms with Gasteiger partial charge in [-0.25, -0.2) is 4.39 Å². The van der Waals surface area contributed by atoms with Crippen molar-refractivity contribution in [2.24, 2.45) is 11.3 Å². The van der Waals surface area contributed by atoms with Crippen LogP contribution >= 0.6 is 0 Å². The zero-order chi connectivity index (χ0) is 19.8. The number of benzene rings is 2. The molecule has 1 spiro atoms. The molecule has 148 valence electrons. The van der Waals surface area contributed by atoms with E-state index in [1.54, 1.807) is 12.1 Å². The number of amides is 1. The van der Waals surface area contributed by atoms with Crippen LogP contribution in [0.3, 0.4) is 0 Å². The van der Waals surface area contributed by atoms with Gasteiger partial charge >= 0.3 is 0 Å². The number of carbonyl (C=O) groups excluding carboxylic acids is 1. The van der Waals surface area contributed by atoms with Gasteiger partial charge < -0.3 is 5.32 Å². The van der Waals surface area contributed by atoms with Crippen LogP contribution in [0.25, 0.3) is 10.9 Å². The fraction of sp³-hybridized carbons (Fsp3) is 0.360. The molecule has 5 rings (SSSR count). The van der Waals surface area contributed by atoms with E-state index in [9.17, 15) is 9.18 Å². The summed E-state index contributed by atoms with van der Waals surface area (Å²) in [6, 6.07) is 16.6. The van der Waals surface area contributed by atoms with E-state index in [2.05, 4.69) is 16.4 Å². The molecule has 0 saturated heterocycles. The zero-order valence-corrected chi connectivity index (χ0v) is 16.4. The number of nitrogens with zero attached hydrogens (tertiary/aromatic N) is 1. The summed E-state index contributed by atoms with van der Waals surface area (Å²) in [6.45, 7) is 0. The Morgan fingerprint density at radius 1 is 1.03 bits per heavy atom. The van der Waals surface area contributed by atoms with Gasteiger partial charge in [-0.05, 0) is 91.8 Å². The average molecular weight is 388 g/mol. The summed E-state index contributed by atoms with van der Waals surface area (Å²) in [4.78, 5) is 16.9. The van der Waals surface area contributed by atoms with Gasteiger partial charge in [0.25, 0.3) is 0 Å². The Bertz CT molecular complexity index is 1030. The smallest absolute Gasteiger partial charge is 0.227 e. The lowest BCUT2D eigenvalue weighted by Crippen LogP contribution is -2.45. The van der Waals surface area contributed by atoms with Gasteiger partial charge in [-0.3, -0.25) is 9.78 Å². The maximum Gasteiger partial charge on any atom is 0.227 e. The topological polar surface area (TPSA) is 42.0 Å². The number of fused-ring (bicyclic) bond motifs is 1. The average Bonchev–Trinajstić information content (AvgIpc) is 2.72. The number of rotatable bonds is 3. The van der Waals surface area contributed by atoms with Crippen molar-refractivity contribution in [3.05, 3.63) is 72.2 Å². The molecular formula is C25H25FN2O. The molecule has 1 aromatic heterocycles. The first-order valence-electron chi connectivity index (χ1n) is 10.5. The predicted molar refractivity (Wildman–Crippen MR) is 113 cm³/mol. The van der Waals surface area contributed by atoms with Crippen LogP contribution in [0.4, 0.5) is 10.1 Å². The molecule has 0 bridgehead atoms. The normalized spacial score (nSPS) is 26.2. The number of nitrogens with one attached hydrogen (secondary N) is 1. The Hall–Kier alpha value is -2.75. The Labute approximate surface area is 170 Å². The first-order valence-corrected chi connectivity index (χ1v) is 10.5. The van der Waals surface area contributed by atoms with Crippen LogP contribution in [0.1, 0.15) is 50.0 Å². The van der Waals surface area contributed by atoms with Crippen LogP contribution in [0, 0.1) is 17.2 Å². The van der Waals surface area contributed by atoms with Gasteiger partial charge in [-0.15, -0.1) is 0 Å². The second kappa shape index (κ2) is 7.25. The third kappa shape index (κ3) is 3.52. The molecule has 4 heteroatoms. The van der Waals surface area contributed by atoms with Crippen LogP contribution in [-0.4, -0.2) is 10.9 Å². The summed E-state index contributed by atoms with van der Waals surface area (Å²) in [5, 5.41) is 3.99. The summed E-state index contributed by atoms with van der Waals surface area (Å²) in [5.74, 6) is 0.526. The highest BCUT2D eigenvalue weighted by molar-refractivity contribution is 5.93. The summed E-state index contributed by atoms with van der Waals surface area (Å²) < 4.78 is 13.8. The fourth-order valence-electron chi connectivity index (χ4n) is 5.38.